The number of non-ortho nitro benzene ring substituents is 1. The molecule has 0 saturated carbocycles. The summed E-state index contributed by atoms with van der Waals surface area (Å²) in [4.78, 5) is 33.1. The Morgan fingerprint density at radius 1 is 1.23 bits per heavy atom. The third-order valence-electron chi connectivity index (χ3n) is 2.47. The van der Waals surface area contributed by atoms with Crippen LogP contribution in [0.1, 0.15) is 10.6 Å². The lowest BCUT2D eigenvalue weighted by molar-refractivity contribution is -0.384. The van der Waals surface area contributed by atoms with E-state index < -0.39 is 23.4 Å². The highest BCUT2D eigenvalue weighted by Gasteiger charge is 2.14. The van der Waals surface area contributed by atoms with E-state index in [0.717, 1.165) is 0 Å². The van der Waals surface area contributed by atoms with Crippen LogP contribution in [0.25, 0.3) is 0 Å². The molecule has 0 fully saturated rings. The first-order chi connectivity index (χ1) is 10.5. The van der Waals surface area contributed by atoms with Gasteiger partial charge in [0, 0.05) is 17.8 Å². The van der Waals surface area contributed by atoms with E-state index in [0.29, 0.717) is 10.4 Å². The average Bonchev–Trinajstić information content (AvgIpc) is 2.92. The summed E-state index contributed by atoms with van der Waals surface area (Å²) in [6.07, 6.45) is 0. The van der Waals surface area contributed by atoms with Crippen molar-refractivity contribution >= 4 is 39.2 Å². The molecule has 0 saturated heterocycles. The lowest BCUT2D eigenvalue weighted by Crippen LogP contribution is -2.20. The Labute approximate surface area is 132 Å². The number of amides is 1. The number of nitrogens with zero attached hydrogens (tertiary/aromatic N) is 1. The van der Waals surface area contributed by atoms with Gasteiger partial charge in [-0.3, -0.25) is 14.9 Å². The van der Waals surface area contributed by atoms with Crippen LogP contribution in [0.4, 0.5) is 11.4 Å². The minimum Gasteiger partial charge on any atom is -0.450 e. The normalized spacial score (nSPS) is 10.0. The summed E-state index contributed by atoms with van der Waals surface area (Å²) in [5.74, 6) is -1.38. The molecule has 1 aromatic heterocycles. The number of furan rings is 1. The van der Waals surface area contributed by atoms with Gasteiger partial charge in [0.05, 0.1) is 4.92 Å². The molecule has 22 heavy (non-hydrogen) atoms. The van der Waals surface area contributed by atoms with E-state index in [1.807, 2.05) is 0 Å². The largest absolute Gasteiger partial charge is 0.450 e. The molecular formula is C13H9BrN2O6. The number of nitro benzene ring substituents is 1. The summed E-state index contributed by atoms with van der Waals surface area (Å²) in [6.45, 7) is -0.506. The molecule has 114 valence electrons. The van der Waals surface area contributed by atoms with Gasteiger partial charge >= 0.3 is 5.97 Å². The predicted octanol–water partition coefficient (Wildman–Crippen LogP) is 2.75. The van der Waals surface area contributed by atoms with E-state index >= 15 is 0 Å². The Hall–Kier alpha value is -2.68. The van der Waals surface area contributed by atoms with Crippen molar-refractivity contribution in [1.82, 2.24) is 0 Å². The lowest BCUT2D eigenvalue weighted by atomic mass is 10.3. The van der Waals surface area contributed by atoms with Gasteiger partial charge in [0.2, 0.25) is 5.76 Å². The van der Waals surface area contributed by atoms with Gasteiger partial charge in [-0.05, 0) is 40.2 Å². The Bertz CT molecular complexity index is 710. The summed E-state index contributed by atoms with van der Waals surface area (Å²) >= 11 is 3.04. The summed E-state index contributed by atoms with van der Waals surface area (Å²) in [5.41, 5.74) is 0.264. The van der Waals surface area contributed by atoms with Crippen molar-refractivity contribution < 1.29 is 23.7 Å². The molecule has 2 rings (SSSR count). The van der Waals surface area contributed by atoms with Crippen LogP contribution in [0.5, 0.6) is 0 Å². The summed E-state index contributed by atoms with van der Waals surface area (Å²) in [7, 11) is 0. The number of carbonyl (C=O) groups is 2. The van der Waals surface area contributed by atoms with Crippen molar-refractivity contribution in [3.05, 3.63) is 56.9 Å². The van der Waals surface area contributed by atoms with Crippen molar-refractivity contribution in [3.8, 4) is 0 Å². The molecule has 0 radical (unpaired) electrons. The van der Waals surface area contributed by atoms with E-state index in [9.17, 15) is 19.7 Å². The third kappa shape index (κ3) is 4.16. The summed E-state index contributed by atoms with van der Waals surface area (Å²) in [5, 5.41) is 12.9. The van der Waals surface area contributed by atoms with Crippen molar-refractivity contribution in [2.45, 2.75) is 0 Å². The number of anilines is 1. The topological polar surface area (TPSA) is 112 Å². The monoisotopic (exact) mass is 368 g/mol. The first kappa shape index (κ1) is 15.7. The maximum atomic E-state index is 11.6. The maximum absolute atomic E-state index is 11.6. The Balaban J connectivity index is 1.85. The second-order valence-electron chi connectivity index (χ2n) is 4.03. The van der Waals surface area contributed by atoms with E-state index in [2.05, 4.69) is 21.2 Å². The molecule has 8 nitrogen and oxygen atoms in total. The zero-order chi connectivity index (χ0) is 16.1. The minimum absolute atomic E-state index is 0.0324. The minimum atomic E-state index is -0.774. The molecule has 0 aliphatic carbocycles. The van der Waals surface area contributed by atoms with Gasteiger partial charge in [0.25, 0.3) is 11.6 Å². The van der Waals surface area contributed by atoms with Crippen LogP contribution >= 0.6 is 15.9 Å². The highest BCUT2D eigenvalue weighted by Crippen LogP contribution is 2.16. The highest BCUT2D eigenvalue weighted by molar-refractivity contribution is 9.10. The van der Waals surface area contributed by atoms with Gasteiger partial charge in [-0.15, -0.1) is 0 Å². The standard InChI is InChI=1S/C13H9BrN2O6/c14-11-6-5-10(22-11)13(18)21-7-12(17)15-8-1-3-9(4-2-8)16(19)20/h1-6H,7H2,(H,15,17). The van der Waals surface area contributed by atoms with E-state index in [1.165, 1.54) is 36.4 Å². The number of ether oxygens (including phenoxy) is 1. The molecule has 0 spiro atoms. The van der Waals surface area contributed by atoms with Gasteiger partial charge < -0.3 is 14.5 Å². The predicted molar refractivity (Wildman–Crippen MR) is 78.4 cm³/mol. The zero-order valence-electron chi connectivity index (χ0n) is 10.9. The van der Waals surface area contributed by atoms with Gasteiger partial charge in [-0.25, -0.2) is 4.79 Å². The SMILES string of the molecule is O=C(COC(=O)c1ccc(Br)o1)Nc1ccc([N+](=O)[O-])cc1. The molecule has 0 aliphatic heterocycles. The third-order valence-corrected chi connectivity index (χ3v) is 2.90. The first-order valence-corrected chi connectivity index (χ1v) is 6.72. The molecular weight excluding hydrogens is 360 g/mol. The van der Waals surface area contributed by atoms with Crippen LogP contribution < -0.4 is 5.32 Å². The molecule has 0 aliphatic rings. The van der Waals surface area contributed by atoms with E-state index in [1.54, 1.807) is 0 Å². The maximum Gasteiger partial charge on any atom is 0.374 e. The molecule has 1 N–H and O–H groups in total. The average molecular weight is 369 g/mol. The van der Waals surface area contributed by atoms with Crippen LogP contribution in [-0.4, -0.2) is 23.4 Å². The number of esters is 1. The van der Waals surface area contributed by atoms with E-state index in [-0.39, 0.29) is 11.4 Å². The second kappa shape index (κ2) is 6.85. The number of carbonyl (C=O) groups excluding carboxylic acids is 2. The van der Waals surface area contributed by atoms with Crippen molar-refractivity contribution in [2.75, 3.05) is 11.9 Å². The smallest absolute Gasteiger partial charge is 0.374 e. The fraction of sp³-hybridized carbons (Fsp3) is 0.0769. The number of hydrogen-bond donors (Lipinski definition) is 1. The van der Waals surface area contributed by atoms with Crippen LogP contribution in [0.15, 0.2) is 45.5 Å². The molecule has 9 heteroatoms. The fourth-order valence-corrected chi connectivity index (χ4v) is 1.80. The molecule has 1 amide bonds. The number of hydrogen-bond acceptors (Lipinski definition) is 6. The molecule has 0 unspecified atom stereocenters. The quantitative estimate of drug-likeness (QED) is 0.493. The second-order valence-corrected chi connectivity index (χ2v) is 4.81. The van der Waals surface area contributed by atoms with Crippen LogP contribution in [-0.2, 0) is 9.53 Å². The fourth-order valence-electron chi connectivity index (χ4n) is 1.49. The highest BCUT2D eigenvalue weighted by atomic mass is 79.9. The Kier molecular flexibility index (Phi) is 4.89. The molecule has 2 aromatic rings. The van der Waals surface area contributed by atoms with E-state index in [4.69, 9.17) is 9.15 Å². The number of nitrogens with one attached hydrogen (secondary N) is 1. The van der Waals surface area contributed by atoms with Gasteiger partial charge in [0.15, 0.2) is 11.3 Å². The summed E-state index contributed by atoms with van der Waals surface area (Å²) < 4.78 is 10.1. The van der Waals surface area contributed by atoms with Crippen LogP contribution in [0, 0.1) is 10.1 Å². The molecule has 0 atom stereocenters. The molecule has 1 heterocycles. The van der Waals surface area contributed by atoms with Gasteiger partial charge in [-0.1, -0.05) is 0 Å². The molecule has 0 bridgehead atoms. The number of benzene rings is 1. The van der Waals surface area contributed by atoms with Crippen molar-refractivity contribution in [3.63, 3.8) is 0 Å². The van der Waals surface area contributed by atoms with Crippen LogP contribution in [0.3, 0.4) is 0 Å². The zero-order valence-corrected chi connectivity index (χ0v) is 12.5. The molecule has 1 aromatic carbocycles. The Morgan fingerprint density at radius 3 is 2.45 bits per heavy atom. The number of nitro groups is 1. The first-order valence-electron chi connectivity index (χ1n) is 5.92. The van der Waals surface area contributed by atoms with Crippen molar-refractivity contribution in [2.24, 2.45) is 0 Å². The van der Waals surface area contributed by atoms with Gasteiger partial charge in [0.1, 0.15) is 0 Å². The number of halogens is 1. The Morgan fingerprint density at radius 2 is 1.91 bits per heavy atom. The number of rotatable bonds is 5. The van der Waals surface area contributed by atoms with Crippen molar-refractivity contribution in [1.29, 1.82) is 0 Å². The van der Waals surface area contributed by atoms with Gasteiger partial charge in [-0.2, -0.15) is 0 Å². The lowest BCUT2D eigenvalue weighted by Gasteiger charge is -2.05. The summed E-state index contributed by atoms with van der Waals surface area (Å²) in [6, 6.07) is 8.18. The van der Waals surface area contributed by atoms with Crippen LogP contribution in [0.2, 0.25) is 0 Å².